The summed E-state index contributed by atoms with van der Waals surface area (Å²) >= 11 is 1.60. The molecule has 0 aliphatic carbocycles. The Morgan fingerprint density at radius 3 is 2.50 bits per heavy atom. The van der Waals surface area contributed by atoms with Crippen LogP contribution in [0.4, 0.5) is 0 Å². The Bertz CT molecular complexity index is 499. The number of amides is 2. The van der Waals surface area contributed by atoms with Gasteiger partial charge in [-0.1, -0.05) is 25.1 Å². The summed E-state index contributed by atoms with van der Waals surface area (Å²) in [5.74, 6) is 1.14. The number of hydrogen-bond donors (Lipinski definition) is 1. The minimum Gasteiger partial charge on any atom is -0.344 e. The van der Waals surface area contributed by atoms with Crippen molar-refractivity contribution in [3.63, 3.8) is 0 Å². The standard InChI is InChI=1S/C17H24N2O2S/c1-13-8-10-19(11-9-13)17(21)16(18-14(2)20)12-22-15-6-4-3-5-7-15/h3-7,13,16H,8-12H2,1-2H3,(H,18,20). The minimum atomic E-state index is -0.448. The largest absolute Gasteiger partial charge is 0.344 e. The van der Waals surface area contributed by atoms with Crippen molar-refractivity contribution < 1.29 is 9.59 Å². The van der Waals surface area contributed by atoms with Crippen LogP contribution in [-0.4, -0.2) is 41.6 Å². The minimum absolute atomic E-state index is 0.0468. The highest BCUT2D eigenvalue weighted by Crippen LogP contribution is 2.21. The number of thioether (sulfide) groups is 1. The summed E-state index contributed by atoms with van der Waals surface area (Å²) in [7, 11) is 0. The van der Waals surface area contributed by atoms with Gasteiger partial charge in [-0.15, -0.1) is 11.8 Å². The molecule has 1 aliphatic heterocycles. The number of nitrogens with zero attached hydrogens (tertiary/aromatic N) is 1. The highest BCUT2D eigenvalue weighted by molar-refractivity contribution is 7.99. The molecule has 1 N–H and O–H groups in total. The third-order valence-electron chi connectivity index (χ3n) is 3.93. The van der Waals surface area contributed by atoms with E-state index < -0.39 is 6.04 Å². The van der Waals surface area contributed by atoms with Gasteiger partial charge in [-0.3, -0.25) is 9.59 Å². The van der Waals surface area contributed by atoms with Gasteiger partial charge >= 0.3 is 0 Å². The lowest BCUT2D eigenvalue weighted by Crippen LogP contribution is -2.51. The second-order valence-corrected chi connectivity index (χ2v) is 6.98. The number of piperidine rings is 1. The maximum atomic E-state index is 12.7. The van der Waals surface area contributed by atoms with E-state index in [1.54, 1.807) is 11.8 Å². The smallest absolute Gasteiger partial charge is 0.246 e. The molecule has 120 valence electrons. The van der Waals surface area contributed by atoms with Gasteiger partial charge in [-0.25, -0.2) is 0 Å². The molecule has 0 spiro atoms. The van der Waals surface area contributed by atoms with Gasteiger partial charge in [-0.2, -0.15) is 0 Å². The Labute approximate surface area is 136 Å². The molecule has 1 aromatic rings. The summed E-state index contributed by atoms with van der Waals surface area (Å²) in [6.07, 6.45) is 2.09. The molecule has 1 heterocycles. The van der Waals surface area contributed by atoms with Crippen LogP contribution in [0.15, 0.2) is 35.2 Å². The van der Waals surface area contributed by atoms with E-state index in [4.69, 9.17) is 0 Å². The van der Waals surface area contributed by atoms with Gasteiger partial charge in [0.25, 0.3) is 0 Å². The highest BCUT2D eigenvalue weighted by Gasteiger charge is 2.27. The lowest BCUT2D eigenvalue weighted by Gasteiger charge is -2.33. The van der Waals surface area contributed by atoms with E-state index in [0.29, 0.717) is 11.7 Å². The van der Waals surface area contributed by atoms with Crippen molar-refractivity contribution in [1.82, 2.24) is 10.2 Å². The predicted molar refractivity (Wildman–Crippen MR) is 89.7 cm³/mol. The summed E-state index contributed by atoms with van der Waals surface area (Å²) in [5.41, 5.74) is 0. The molecule has 22 heavy (non-hydrogen) atoms. The van der Waals surface area contributed by atoms with Crippen molar-refractivity contribution in [2.24, 2.45) is 5.92 Å². The SMILES string of the molecule is CC(=O)NC(CSc1ccccc1)C(=O)N1CCC(C)CC1. The molecule has 2 amide bonds. The molecule has 1 fully saturated rings. The van der Waals surface area contributed by atoms with Crippen LogP contribution < -0.4 is 5.32 Å². The van der Waals surface area contributed by atoms with Crippen LogP contribution >= 0.6 is 11.8 Å². The van der Waals surface area contributed by atoms with E-state index in [-0.39, 0.29) is 11.8 Å². The molecule has 0 saturated carbocycles. The van der Waals surface area contributed by atoms with Gasteiger partial charge in [-0.05, 0) is 30.9 Å². The molecule has 1 aliphatic rings. The van der Waals surface area contributed by atoms with Gasteiger partial charge < -0.3 is 10.2 Å². The van der Waals surface area contributed by atoms with E-state index in [1.165, 1.54) is 6.92 Å². The molecule has 1 unspecified atom stereocenters. The number of nitrogens with one attached hydrogen (secondary N) is 1. The van der Waals surface area contributed by atoms with Gasteiger partial charge in [0.05, 0.1) is 0 Å². The van der Waals surface area contributed by atoms with E-state index in [1.807, 2.05) is 35.2 Å². The Balaban J connectivity index is 1.95. The van der Waals surface area contributed by atoms with Crippen molar-refractivity contribution in [1.29, 1.82) is 0 Å². The molecule has 1 atom stereocenters. The lowest BCUT2D eigenvalue weighted by atomic mass is 9.99. The molecule has 0 bridgehead atoms. The van der Waals surface area contributed by atoms with Crippen LogP contribution in [0.3, 0.4) is 0 Å². The van der Waals surface area contributed by atoms with Crippen LogP contribution in [-0.2, 0) is 9.59 Å². The topological polar surface area (TPSA) is 49.4 Å². The Morgan fingerprint density at radius 2 is 1.91 bits per heavy atom. The van der Waals surface area contributed by atoms with Gasteiger partial charge in [0.1, 0.15) is 6.04 Å². The third kappa shape index (κ3) is 5.05. The highest BCUT2D eigenvalue weighted by atomic mass is 32.2. The fraction of sp³-hybridized carbons (Fsp3) is 0.529. The first-order valence-electron chi connectivity index (χ1n) is 7.80. The third-order valence-corrected chi connectivity index (χ3v) is 5.04. The molecule has 0 aromatic heterocycles. The van der Waals surface area contributed by atoms with Crippen molar-refractivity contribution in [2.45, 2.75) is 37.6 Å². The van der Waals surface area contributed by atoms with Crippen LogP contribution in [0.2, 0.25) is 0 Å². The summed E-state index contributed by atoms with van der Waals surface area (Å²) in [6.45, 7) is 5.28. The van der Waals surface area contributed by atoms with E-state index in [0.717, 1.165) is 30.8 Å². The number of rotatable bonds is 5. The fourth-order valence-electron chi connectivity index (χ4n) is 2.57. The number of likely N-dealkylation sites (tertiary alicyclic amines) is 1. The van der Waals surface area contributed by atoms with Crippen LogP contribution in [0.25, 0.3) is 0 Å². The van der Waals surface area contributed by atoms with Crippen molar-refractivity contribution >= 4 is 23.6 Å². The molecule has 0 radical (unpaired) electrons. The van der Waals surface area contributed by atoms with Gasteiger partial charge in [0, 0.05) is 30.7 Å². The zero-order valence-electron chi connectivity index (χ0n) is 13.2. The monoisotopic (exact) mass is 320 g/mol. The van der Waals surface area contributed by atoms with Crippen molar-refractivity contribution in [3.05, 3.63) is 30.3 Å². The summed E-state index contributed by atoms with van der Waals surface area (Å²) in [5, 5.41) is 2.81. The average Bonchev–Trinajstić information content (AvgIpc) is 2.52. The first-order valence-corrected chi connectivity index (χ1v) is 8.78. The number of carbonyl (C=O) groups excluding carboxylic acids is 2. The quantitative estimate of drug-likeness (QED) is 0.848. The van der Waals surface area contributed by atoms with E-state index in [9.17, 15) is 9.59 Å². The van der Waals surface area contributed by atoms with E-state index in [2.05, 4.69) is 12.2 Å². The number of hydrogen-bond acceptors (Lipinski definition) is 3. The Morgan fingerprint density at radius 1 is 1.27 bits per heavy atom. The van der Waals surface area contributed by atoms with Crippen LogP contribution in [0.1, 0.15) is 26.7 Å². The van der Waals surface area contributed by atoms with Crippen molar-refractivity contribution in [2.75, 3.05) is 18.8 Å². The summed E-state index contributed by atoms with van der Waals surface area (Å²) in [6, 6.07) is 9.50. The summed E-state index contributed by atoms with van der Waals surface area (Å²) in [4.78, 5) is 27.1. The second kappa shape index (κ2) is 8.22. The average molecular weight is 320 g/mol. The molecule has 2 rings (SSSR count). The zero-order chi connectivity index (χ0) is 15.9. The zero-order valence-corrected chi connectivity index (χ0v) is 14.1. The Kier molecular flexibility index (Phi) is 6.31. The molecule has 4 nitrogen and oxygen atoms in total. The molecular weight excluding hydrogens is 296 g/mol. The number of carbonyl (C=O) groups is 2. The van der Waals surface area contributed by atoms with Crippen LogP contribution in [0, 0.1) is 5.92 Å². The normalized spacial score (nSPS) is 17.1. The molecule has 1 aromatic carbocycles. The first kappa shape index (κ1) is 16.9. The maximum Gasteiger partial charge on any atom is 0.246 e. The predicted octanol–water partition coefficient (Wildman–Crippen LogP) is 2.54. The van der Waals surface area contributed by atoms with Gasteiger partial charge in [0.2, 0.25) is 11.8 Å². The Hall–Kier alpha value is -1.49. The van der Waals surface area contributed by atoms with E-state index >= 15 is 0 Å². The first-order chi connectivity index (χ1) is 10.6. The summed E-state index contributed by atoms with van der Waals surface area (Å²) < 4.78 is 0. The molecular formula is C17H24N2O2S. The van der Waals surface area contributed by atoms with Crippen molar-refractivity contribution in [3.8, 4) is 0 Å². The second-order valence-electron chi connectivity index (χ2n) is 5.88. The molecule has 1 saturated heterocycles. The maximum absolute atomic E-state index is 12.7. The fourth-order valence-corrected chi connectivity index (χ4v) is 3.50. The van der Waals surface area contributed by atoms with Crippen LogP contribution in [0.5, 0.6) is 0 Å². The lowest BCUT2D eigenvalue weighted by molar-refractivity contribution is -0.136. The number of benzene rings is 1. The van der Waals surface area contributed by atoms with Gasteiger partial charge in [0.15, 0.2) is 0 Å². The molecule has 5 heteroatoms.